The molecule has 1 heterocycles. The molecule has 0 amide bonds. The van der Waals surface area contributed by atoms with Gasteiger partial charge in [0, 0.05) is 0 Å². The van der Waals surface area contributed by atoms with Gasteiger partial charge in [0.15, 0.2) is 0 Å². The number of rotatable bonds is 1. The Bertz CT molecular complexity index is 236. The first-order chi connectivity index (χ1) is 4.67. The highest BCUT2D eigenvalue weighted by molar-refractivity contribution is 7.08. The van der Waals surface area contributed by atoms with Gasteiger partial charge in [-0.25, -0.2) is 0 Å². The van der Waals surface area contributed by atoms with Gasteiger partial charge in [-0.2, -0.15) is 11.3 Å². The second kappa shape index (κ2) is 2.48. The molecule has 0 aliphatic heterocycles. The lowest BCUT2D eigenvalue weighted by Gasteiger charge is -2.14. The molecule has 0 aliphatic rings. The van der Waals surface area contributed by atoms with E-state index < -0.39 is 0 Å². The Labute approximate surface area is 65.9 Å². The number of thiophene rings is 1. The van der Waals surface area contributed by atoms with Crippen LogP contribution in [0.25, 0.3) is 0 Å². The molecule has 0 aliphatic carbocycles. The van der Waals surface area contributed by atoms with Gasteiger partial charge in [0.05, 0.1) is 5.41 Å². The van der Waals surface area contributed by atoms with Gasteiger partial charge in [0.25, 0.3) is 0 Å². The molecule has 1 rings (SSSR count). The van der Waals surface area contributed by atoms with E-state index in [0.717, 1.165) is 0 Å². The summed E-state index contributed by atoms with van der Waals surface area (Å²) in [6.45, 7) is 4.10. The molecule has 0 N–H and O–H groups in total. The zero-order valence-corrected chi connectivity index (χ0v) is 7.03. The first-order valence-corrected chi connectivity index (χ1v) is 4.11. The summed E-state index contributed by atoms with van der Waals surface area (Å²) in [5.74, 6) is 2.75. The first kappa shape index (κ1) is 7.37. The highest BCUT2D eigenvalue weighted by Gasteiger charge is 2.16. The Morgan fingerprint density at radius 3 is 2.70 bits per heavy atom. The summed E-state index contributed by atoms with van der Waals surface area (Å²) in [5, 5.41) is 4.15. The van der Waals surface area contributed by atoms with E-state index in [9.17, 15) is 0 Å². The van der Waals surface area contributed by atoms with Crippen LogP contribution in [0, 0.1) is 12.3 Å². The minimum absolute atomic E-state index is 0.0972. The number of terminal acetylenes is 1. The fraction of sp³-hybridized carbons (Fsp3) is 0.333. The van der Waals surface area contributed by atoms with Gasteiger partial charge >= 0.3 is 0 Å². The lowest BCUT2D eigenvalue weighted by molar-refractivity contribution is 0.703. The van der Waals surface area contributed by atoms with E-state index >= 15 is 0 Å². The van der Waals surface area contributed by atoms with Gasteiger partial charge in [-0.1, -0.05) is 5.92 Å². The van der Waals surface area contributed by atoms with Crippen LogP contribution in [-0.2, 0) is 5.41 Å². The van der Waals surface area contributed by atoms with Gasteiger partial charge < -0.3 is 0 Å². The molecule has 0 saturated heterocycles. The van der Waals surface area contributed by atoms with Crippen LogP contribution in [0.4, 0.5) is 0 Å². The minimum Gasteiger partial charge on any atom is -0.152 e. The molecule has 0 aromatic carbocycles. The summed E-state index contributed by atoms with van der Waals surface area (Å²) in [4.78, 5) is 0. The third kappa shape index (κ3) is 1.22. The van der Waals surface area contributed by atoms with Gasteiger partial charge in [-0.15, -0.1) is 6.42 Å². The monoisotopic (exact) mass is 150 g/mol. The molecule has 0 atom stereocenters. The molecule has 1 heteroatoms. The summed E-state index contributed by atoms with van der Waals surface area (Å²) in [5.41, 5.74) is 1.14. The van der Waals surface area contributed by atoms with E-state index in [4.69, 9.17) is 6.42 Å². The zero-order valence-electron chi connectivity index (χ0n) is 6.22. The van der Waals surface area contributed by atoms with Gasteiger partial charge in [0.1, 0.15) is 0 Å². The quantitative estimate of drug-likeness (QED) is 0.540. The van der Waals surface area contributed by atoms with Crippen molar-refractivity contribution in [3.63, 3.8) is 0 Å². The Hall–Kier alpha value is -0.740. The third-order valence-electron chi connectivity index (χ3n) is 1.60. The lowest BCUT2D eigenvalue weighted by Crippen LogP contribution is -2.11. The van der Waals surface area contributed by atoms with Crippen molar-refractivity contribution in [3.05, 3.63) is 22.4 Å². The van der Waals surface area contributed by atoms with E-state index in [-0.39, 0.29) is 5.41 Å². The van der Waals surface area contributed by atoms with Gasteiger partial charge in [0.2, 0.25) is 0 Å². The molecule has 0 unspecified atom stereocenters. The van der Waals surface area contributed by atoms with Crippen LogP contribution in [0.3, 0.4) is 0 Å². The largest absolute Gasteiger partial charge is 0.152 e. The Morgan fingerprint density at radius 1 is 1.60 bits per heavy atom. The normalized spacial score (nSPS) is 10.9. The SMILES string of the molecule is C#CC(C)(C)c1ccsc1. The number of hydrogen-bond donors (Lipinski definition) is 0. The molecule has 0 fully saturated rings. The third-order valence-corrected chi connectivity index (χ3v) is 2.29. The summed E-state index contributed by atoms with van der Waals surface area (Å²) < 4.78 is 0. The fourth-order valence-corrected chi connectivity index (χ4v) is 1.53. The Kier molecular flexibility index (Phi) is 1.82. The van der Waals surface area contributed by atoms with Crippen molar-refractivity contribution in [2.75, 3.05) is 0 Å². The standard InChI is InChI=1S/C9H10S/c1-4-9(2,3)8-5-6-10-7-8/h1,5-7H,2-3H3. The maximum atomic E-state index is 5.35. The van der Waals surface area contributed by atoms with Crippen LogP contribution in [-0.4, -0.2) is 0 Å². The predicted octanol–water partition coefficient (Wildman–Crippen LogP) is 2.66. The van der Waals surface area contributed by atoms with Crippen LogP contribution in [0.1, 0.15) is 19.4 Å². The second-order valence-electron chi connectivity index (χ2n) is 2.78. The van der Waals surface area contributed by atoms with E-state index in [0.29, 0.717) is 0 Å². The molecule has 0 radical (unpaired) electrons. The van der Waals surface area contributed by atoms with Crippen molar-refractivity contribution in [2.45, 2.75) is 19.3 Å². The van der Waals surface area contributed by atoms with Crippen molar-refractivity contribution in [1.82, 2.24) is 0 Å². The summed E-state index contributed by atoms with van der Waals surface area (Å²) in [7, 11) is 0. The van der Waals surface area contributed by atoms with E-state index in [2.05, 4.69) is 36.6 Å². The first-order valence-electron chi connectivity index (χ1n) is 3.17. The fourth-order valence-electron chi connectivity index (χ4n) is 0.703. The van der Waals surface area contributed by atoms with E-state index in [1.807, 2.05) is 0 Å². The lowest BCUT2D eigenvalue weighted by atomic mass is 9.88. The summed E-state index contributed by atoms with van der Waals surface area (Å²) >= 11 is 1.69. The van der Waals surface area contributed by atoms with Crippen molar-refractivity contribution < 1.29 is 0 Å². The van der Waals surface area contributed by atoms with Crippen molar-refractivity contribution >= 4 is 11.3 Å². The zero-order chi connectivity index (χ0) is 7.61. The molecule has 1 aromatic rings. The van der Waals surface area contributed by atoms with E-state index in [1.165, 1.54) is 5.56 Å². The van der Waals surface area contributed by atoms with Gasteiger partial charge in [-0.05, 0) is 36.2 Å². The average molecular weight is 150 g/mol. The molecule has 0 saturated carbocycles. The average Bonchev–Trinajstić information content (AvgIpc) is 2.38. The Balaban J connectivity index is 2.99. The predicted molar refractivity (Wildman–Crippen MR) is 46.2 cm³/mol. The minimum atomic E-state index is -0.0972. The van der Waals surface area contributed by atoms with Crippen molar-refractivity contribution in [1.29, 1.82) is 0 Å². The van der Waals surface area contributed by atoms with Crippen molar-refractivity contribution in [2.24, 2.45) is 0 Å². The van der Waals surface area contributed by atoms with E-state index in [1.54, 1.807) is 11.3 Å². The molecular weight excluding hydrogens is 140 g/mol. The number of hydrogen-bond acceptors (Lipinski definition) is 1. The smallest absolute Gasteiger partial charge is 0.0512 e. The summed E-state index contributed by atoms with van der Waals surface area (Å²) in [6, 6.07) is 2.07. The molecule has 0 bridgehead atoms. The maximum absolute atomic E-state index is 5.35. The van der Waals surface area contributed by atoms with Crippen LogP contribution in [0.2, 0.25) is 0 Å². The Morgan fingerprint density at radius 2 is 2.30 bits per heavy atom. The second-order valence-corrected chi connectivity index (χ2v) is 3.56. The maximum Gasteiger partial charge on any atom is 0.0512 e. The van der Waals surface area contributed by atoms with Crippen LogP contribution >= 0.6 is 11.3 Å². The highest BCUT2D eigenvalue weighted by Crippen LogP contribution is 2.23. The van der Waals surface area contributed by atoms with Crippen LogP contribution in [0.5, 0.6) is 0 Å². The molecule has 1 aromatic heterocycles. The topological polar surface area (TPSA) is 0 Å². The molecule has 10 heavy (non-hydrogen) atoms. The molecule has 0 spiro atoms. The van der Waals surface area contributed by atoms with Gasteiger partial charge in [-0.3, -0.25) is 0 Å². The molecular formula is C9H10S. The highest BCUT2D eigenvalue weighted by atomic mass is 32.1. The van der Waals surface area contributed by atoms with Crippen LogP contribution in [0.15, 0.2) is 16.8 Å². The summed E-state index contributed by atoms with van der Waals surface area (Å²) in [6.07, 6.45) is 5.35. The molecule has 52 valence electrons. The molecule has 0 nitrogen and oxygen atoms in total. The van der Waals surface area contributed by atoms with Crippen LogP contribution < -0.4 is 0 Å². The van der Waals surface area contributed by atoms with Crippen molar-refractivity contribution in [3.8, 4) is 12.3 Å².